The van der Waals surface area contributed by atoms with Gasteiger partial charge in [-0.2, -0.15) is 0 Å². The van der Waals surface area contributed by atoms with Crippen LogP contribution in [0.2, 0.25) is 0 Å². The van der Waals surface area contributed by atoms with Gasteiger partial charge >= 0.3 is 0 Å². The van der Waals surface area contributed by atoms with Crippen LogP contribution in [-0.4, -0.2) is 44.1 Å². The van der Waals surface area contributed by atoms with Crippen molar-refractivity contribution in [1.82, 2.24) is 15.5 Å². The van der Waals surface area contributed by atoms with E-state index in [9.17, 15) is 4.39 Å². The van der Waals surface area contributed by atoms with Crippen LogP contribution in [0.25, 0.3) is 0 Å². The molecule has 1 atom stereocenters. The van der Waals surface area contributed by atoms with Gasteiger partial charge in [0, 0.05) is 32.2 Å². The van der Waals surface area contributed by atoms with E-state index in [2.05, 4.69) is 27.4 Å². The van der Waals surface area contributed by atoms with Crippen molar-refractivity contribution in [2.45, 2.75) is 32.7 Å². The summed E-state index contributed by atoms with van der Waals surface area (Å²) in [6.07, 6.45) is 4.02. The number of nitrogens with zero attached hydrogens (tertiary/aromatic N) is 2. The van der Waals surface area contributed by atoms with Gasteiger partial charge in [0.1, 0.15) is 5.82 Å². The minimum atomic E-state index is -0.186. The van der Waals surface area contributed by atoms with E-state index in [0.29, 0.717) is 18.0 Å². The van der Waals surface area contributed by atoms with Crippen molar-refractivity contribution < 1.29 is 4.39 Å². The van der Waals surface area contributed by atoms with Crippen molar-refractivity contribution in [1.29, 1.82) is 0 Å². The Bertz CT molecular complexity index is 504. The van der Waals surface area contributed by atoms with Crippen LogP contribution in [0.15, 0.2) is 29.3 Å². The van der Waals surface area contributed by atoms with Gasteiger partial charge in [0.2, 0.25) is 0 Å². The normalized spacial score (nSPS) is 17.0. The summed E-state index contributed by atoms with van der Waals surface area (Å²) in [5.74, 6) is 1.09. The fourth-order valence-electron chi connectivity index (χ4n) is 2.96. The summed E-state index contributed by atoms with van der Waals surface area (Å²) in [6.45, 7) is 7.14. The average molecular weight is 448 g/mol. The number of hydrogen-bond acceptors (Lipinski definition) is 2. The van der Waals surface area contributed by atoms with Crippen LogP contribution in [0.3, 0.4) is 0 Å². The monoisotopic (exact) mass is 448 g/mol. The fourth-order valence-corrected chi connectivity index (χ4v) is 2.96. The first kappa shape index (κ1) is 21.2. The number of hydrogen-bond donors (Lipinski definition) is 2. The predicted octanol–water partition coefficient (Wildman–Crippen LogP) is 3.23. The summed E-state index contributed by atoms with van der Waals surface area (Å²) in [5.41, 5.74) is 0.650. The van der Waals surface area contributed by atoms with Crippen molar-refractivity contribution in [3.8, 4) is 0 Å². The molecule has 0 bridgehead atoms. The third-order valence-electron chi connectivity index (χ3n) is 4.26. The van der Waals surface area contributed by atoms with Gasteiger partial charge in [-0.15, -0.1) is 24.0 Å². The Labute approximate surface area is 162 Å². The third-order valence-corrected chi connectivity index (χ3v) is 4.26. The molecule has 1 aliphatic heterocycles. The molecule has 1 heterocycles. The van der Waals surface area contributed by atoms with Crippen molar-refractivity contribution in [3.05, 3.63) is 35.6 Å². The Morgan fingerprint density at radius 3 is 2.58 bits per heavy atom. The van der Waals surface area contributed by atoms with Crippen molar-refractivity contribution in [2.75, 3.05) is 33.2 Å². The zero-order valence-electron chi connectivity index (χ0n) is 14.7. The molecule has 4 nitrogen and oxygen atoms in total. The first-order valence-corrected chi connectivity index (χ1v) is 8.59. The second-order valence-electron chi connectivity index (χ2n) is 6.36. The molecule has 1 aromatic carbocycles. The minimum Gasteiger partial charge on any atom is -0.356 e. The molecule has 24 heavy (non-hydrogen) atoms. The molecule has 2 N–H and O–H groups in total. The number of rotatable bonds is 6. The lowest BCUT2D eigenvalue weighted by Gasteiger charge is -2.29. The van der Waals surface area contributed by atoms with E-state index >= 15 is 0 Å². The van der Waals surface area contributed by atoms with Gasteiger partial charge in [-0.3, -0.25) is 4.99 Å². The zero-order valence-corrected chi connectivity index (χ0v) is 17.1. The Hall–Kier alpha value is -0.890. The molecular weight excluding hydrogens is 418 g/mol. The van der Waals surface area contributed by atoms with Gasteiger partial charge < -0.3 is 15.5 Å². The van der Waals surface area contributed by atoms with E-state index in [1.807, 2.05) is 6.07 Å². The van der Waals surface area contributed by atoms with E-state index in [0.717, 1.165) is 19.0 Å². The maximum atomic E-state index is 13.6. The summed E-state index contributed by atoms with van der Waals surface area (Å²) in [7, 11) is 1.74. The van der Waals surface area contributed by atoms with Crippen molar-refractivity contribution in [2.24, 2.45) is 10.9 Å². The maximum Gasteiger partial charge on any atom is 0.191 e. The number of nitrogens with one attached hydrogen (secondary N) is 2. The zero-order chi connectivity index (χ0) is 16.5. The summed E-state index contributed by atoms with van der Waals surface area (Å²) in [5, 5.41) is 6.51. The minimum absolute atomic E-state index is 0. The number of aliphatic imine (C=N–C) groups is 1. The lowest BCUT2D eigenvalue weighted by atomic mass is 10.1. The molecule has 1 saturated heterocycles. The largest absolute Gasteiger partial charge is 0.356 e. The average Bonchev–Trinajstić information content (AvgIpc) is 2.57. The Balaban J connectivity index is 0.00000288. The molecule has 0 aromatic heterocycles. The molecule has 6 heteroatoms. The SMILES string of the molecule is CN=C(NCc1ccccc1F)NCC(C)CN1CCCCC1.I. The van der Waals surface area contributed by atoms with Crippen LogP contribution in [0.1, 0.15) is 31.7 Å². The van der Waals surface area contributed by atoms with Crippen LogP contribution in [-0.2, 0) is 6.54 Å². The standard InChI is InChI=1S/C18H29FN4.HI/c1-15(14-23-10-6-3-7-11-23)12-21-18(20-2)22-13-16-8-4-5-9-17(16)19;/h4-5,8-9,15H,3,6-7,10-14H2,1-2H3,(H2,20,21,22);1H. The fraction of sp³-hybridized carbons (Fsp3) is 0.611. The predicted molar refractivity (Wildman–Crippen MR) is 109 cm³/mol. The molecule has 0 spiro atoms. The van der Waals surface area contributed by atoms with E-state index in [-0.39, 0.29) is 29.8 Å². The molecule has 0 radical (unpaired) electrons. The van der Waals surface area contributed by atoms with Gasteiger partial charge in [0.15, 0.2) is 5.96 Å². The summed E-state index contributed by atoms with van der Waals surface area (Å²) >= 11 is 0. The second-order valence-corrected chi connectivity index (χ2v) is 6.36. The van der Waals surface area contributed by atoms with Gasteiger partial charge in [-0.05, 0) is 37.9 Å². The van der Waals surface area contributed by atoms with E-state index in [1.165, 1.54) is 38.4 Å². The Morgan fingerprint density at radius 2 is 1.92 bits per heavy atom. The maximum absolute atomic E-state index is 13.6. The number of guanidine groups is 1. The highest BCUT2D eigenvalue weighted by molar-refractivity contribution is 14.0. The Kier molecular flexibility index (Phi) is 10.2. The smallest absolute Gasteiger partial charge is 0.191 e. The molecule has 1 aromatic rings. The van der Waals surface area contributed by atoms with Crippen LogP contribution >= 0.6 is 24.0 Å². The quantitative estimate of drug-likeness (QED) is 0.399. The number of piperidine rings is 1. The highest BCUT2D eigenvalue weighted by Gasteiger charge is 2.13. The molecule has 136 valence electrons. The first-order valence-electron chi connectivity index (χ1n) is 8.59. The van der Waals surface area contributed by atoms with Crippen LogP contribution in [0.4, 0.5) is 4.39 Å². The topological polar surface area (TPSA) is 39.7 Å². The van der Waals surface area contributed by atoms with Gasteiger partial charge in [-0.1, -0.05) is 31.5 Å². The van der Waals surface area contributed by atoms with Crippen molar-refractivity contribution >= 4 is 29.9 Å². The van der Waals surface area contributed by atoms with Crippen LogP contribution in [0, 0.1) is 11.7 Å². The van der Waals surface area contributed by atoms with E-state index < -0.39 is 0 Å². The third kappa shape index (κ3) is 7.34. The number of likely N-dealkylation sites (tertiary alicyclic amines) is 1. The van der Waals surface area contributed by atoms with Gasteiger partial charge in [-0.25, -0.2) is 4.39 Å². The molecular formula is C18H30FIN4. The molecule has 0 saturated carbocycles. The van der Waals surface area contributed by atoms with Crippen molar-refractivity contribution in [3.63, 3.8) is 0 Å². The number of benzene rings is 1. The lowest BCUT2D eigenvalue weighted by Crippen LogP contribution is -2.42. The summed E-state index contributed by atoms with van der Waals surface area (Å²) < 4.78 is 13.6. The molecule has 0 amide bonds. The second kappa shape index (κ2) is 11.6. The molecule has 2 rings (SSSR count). The van der Waals surface area contributed by atoms with E-state index in [1.54, 1.807) is 19.2 Å². The van der Waals surface area contributed by atoms with E-state index in [4.69, 9.17) is 0 Å². The summed E-state index contributed by atoms with van der Waals surface area (Å²) in [4.78, 5) is 6.76. The molecule has 1 fully saturated rings. The van der Waals surface area contributed by atoms with Crippen LogP contribution < -0.4 is 10.6 Å². The highest BCUT2D eigenvalue weighted by Crippen LogP contribution is 2.10. The van der Waals surface area contributed by atoms with Gasteiger partial charge in [0.25, 0.3) is 0 Å². The molecule has 0 aliphatic carbocycles. The molecule has 1 unspecified atom stereocenters. The highest BCUT2D eigenvalue weighted by atomic mass is 127. The van der Waals surface area contributed by atoms with Gasteiger partial charge in [0.05, 0.1) is 0 Å². The lowest BCUT2D eigenvalue weighted by molar-refractivity contribution is 0.201. The number of halogens is 2. The van der Waals surface area contributed by atoms with Crippen LogP contribution in [0.5, 0.6) is 0 Å². The Morgan fingerprint density at radius 1 is 1.21 bits per heavy atom. The first-order chi connectivity index (χ1) is 11.2. The molecule has 1 aliphatic rings. The summed E-state index contributed by atoms with van der Waals surface area (Å²) in [6, 6.07) is 6.81.